The lowest BCUT2D eigenvalue weighted by molar-refractivity contribution is -0.134. The van der Waals surface area contributed by atoms with Crippen molar-refractivity contribution in [3.8, 4) is 0 Å². The molecular formula is C17H12Cl2N2O3. The summed E-state index contributed by atoms with van der Waals surface area (Å²) in [5.74, 6) is -3.02. The Labute approximate surface area is 148 Å². The van der Waals surface area contributed by atoms with Crippen LogP contribution in [0, 0.1) is 5.92 Å². The van der Waals surface area contributed by atoms with Crippen LogP contribution in [0.15, 0.2) is 48.5 Å². The van der Waals surface area contributed by atoms with Gasteiger partial charge in [0.25, 0.3) is 0 Å². The number of para-hydroxylation sites is 1. The number of hydrogen-bond acceptors (Lipinski definition) is 3. The first-order valence-electron chi connectivity index (χ1n) is 7.12. The fourth-order valence-corrected chi connectivity index (χ4v) is 2.79. The highest BCUT2D eigenvalue weighted by molar-refractivity contribution is 6.42. The van der Waals surface area contributed by atoms with Crippen molar-refractivity contribution in [2.24, 2.45) is 5.92 Å². The minimum absolute atomic E-state index is 0.123. The lowest BCUT2D eigenvalue weighted by Gasteiger charge is -2.15. The molecule has 0 spiro atoms. The van der Waals surface area contributed by atoms with E-state index in [2.05, 4.69) is 5.32 Å². The highest BCUT2D eigenvalue weighted by Crippen LogP contribution is 2.27. The van der Waals surface area contributed by atoms with Crippen LogP contribution in [0.3, 0.4) is 0 Å². The standard InChI is InChI=1S/C17H12Cl2N2O3/c18-12-7-6-10(8-13(12)19)20-16(23)15-14(22)9-21(17(15)24)11-4-2-1-3-5-11/h1-8,15H,9H2,(H,20,23)/t15-/m0/s1. The van der Waals surface area contributed by atoms with Gasteiger partial charge in [-0.1, -0.05) is 41.4 Å². The number of Topliss-reactive ketones (excluding diaryl/α,β-unsaturated/α-hetero) is 1. The second-order valence-corrected chi connectivity index (χ2v) is 6.09. The Hall–Kier alpha value is -2.37. The summed E-state index contributed by atoms with van der Waals surface area (Å²) >= 11 is 11.7. The first-order chi connectivity index (χ1) is 11.5. The number of nitrogens with one attached hydrogen (secondary N) is 1. The van der Waals surface area contributed by atoms with Gasteiger partial charge in [-0.25, -0.2) is 0 Å². The number of hydrogen-bond donors (Lipinski definition) is 1. The maximum Gasteiger partial charge on any atom is 0.247 e. The minimum Gasteiger partial charge on any atom is -0.325 e. The second-order valence-electron chi connectivity index (χ2n) is 5.28. The molecule has 0 unspecified atom stereocenters. The molecule has 5 nitrogen and oxygen atoms in total. The summed E-state index contributed by atoms with van der Waals surface area (Å²) < 4.78 is 0. The third-order valence-electron chi connectivity index (χ3n) is 3.67. The number of carbonyl (C=O) groups excluding carboxylic acids is 3. The van der Waals surface area contributed by atoms with E-state index >= 15 is 0 Å². The summed E-state index contributed by atoms with van der Waals surface area (Å²) in [5, 5.41) is 3.15. The zero-order valence-electron chi connectivity index (χ0n) is 12.3. The van der Waals surface area contributed by atoms with E-state index in [0.717, 1.165) is 0 Å². The Morgan fingerprint density at radius 2 is 1.75 bits per heavy atom. The van der Waals surface area contributed by atoms with Gasteiger partial charge in [-0.3, -0.25) is 14.4 Å². The molecule has 1 fully saturated rings. The highest BCUT2D eigenvalue weighted by atomic mass is 35.5. The average Bonchev–Trinajstić information content (AvgIpc) is 2.86. The minimum atomic E-state index is -1.36. The monoisotopic (exact) mass is 362 g/mol. The number of rotatable bonds is 3. The Morgan fingerprint density at radius 3 is 2.42 bits per heavy atom. The maximum atomic E-state index is 12.5. The summed E-state index contributed by atoms with van der Waals surface area (Å²) in [5.41, 5.74) is 0.953. The van der Waals surface area contributed by atoms with Crippen LogP contribution in [0.4, 0.5) is 11.4 Å². The van der Waals surface area contributed by atoms with Gasteiger partial charge in [0.15, 0.2) is 11.7 Å². The van der Waals surface area contributed by atoms with E-state index in [-0.39, 0.29) is 11.6 Å². The summed E-state index contributed by atoms with van der Waals surface area (Å²) in [6, 6.07) is 13.3. The largest absolute Gasteiger partial charge is 0.325 e. The molecule has 1 aliphatic rings. The number of carbonyl (C=O) groups is 3. The van der Waals surface area contributed by atoms with Crippen LogP contribution in [-0.2, 0) is 14.4 Å². The van der Waals surface area contributed by atoms with Gasteiger partial charge in [0.2, 0.25) is 11.8 Å². The molecule has 2 amide bonds. The Balaban J connectivity index is 1.78. The molecule has 1 N–H and O–H groups in total. The average molecular weight is 363 g/mol. The van der Waals surface area contributed by atoms with Gasteiger partial charge in [-0.2, -0.15) is 0 Å². The van der Waals surface area contributed by atoms with Gasteiger partial charge in [-0.05, 0) is 30.3 Å². The van der Waals surface area contributed by atoms with E-state index in [1.54, 1.807) is 36.4 Å². The molecule has 7 heteroatoms. The van der Waals surface area contributed by atoms with Crippen molar-refractivity contribution >= 4 is 52.2 Å². The molecule has 2 aromatic rings. The number of halogens is 2. The van der Waals surface area contributed by atoms with Crippen LogP contribution in [0.1, 0.15) is 0 Å². The molecule has 1 aliphatic heterocycles. The van der Waals surface area contributed by atoms with Crippen molar-refractivity contribution in [2.75, 3.05) is 16.8 Å². The van der Waals surface area contributed by atoms with E-state index in [4.69, 9.17) is 23.2 Å². The van der Waals surface area contributed by atoms with Crippen LogP contribution in [-0.4, -0.2) is 24.1 Å². The van der Waals surface area contributed by atoms with Crippen molar-refractivity contribution < 1.29 is 14.4 Å². The lowest BCUT2D eigenvalue weighted by atomic mass is 10.1. The molecule has 3 rings (SSSR count). The van der Waals surface area contributed by atoms with Crippen LogP contribution < -0.4 is 10.2 Å². The summed E-state index contributed by atoms with van der Waals surface area (Å²) in [6.07, 6.45) is 0. The number of benzene rings is 2. The van der Waals surface area contributed by atoms with Crippen molar-refractivity contribution in [1.29, 1.82) is 0 Å². The van der Waals surface area contributed by atoms with Gasteiger partial charge in [-0.15, -0.1) is 0 Å². The fourth-order valence-electron chi connectivity index (χ4n) is 2.49. The molecule has 0 bridgehead atoms. The highest BCUT2D eigenvalue weighted by Gasteiger charge is 2.44. The number of amides is 2. The smallest absolute Gasteiger partial charge is 0.247 e. The molecule has 0 aliphatic carbocycles. The molecule has 0 radical (unpaired) electrons. The van der Waals surface area contributed by atoms with Gasteiger partial charge in [0, 0.05) is 11.4 Å². The van der Waals surface area contributed by atoms with Crippen LogP contribution >= 0.6 is 23.2 Å². The summed E-state index contributed by atoms with van der Waals surface area (Å²) in [6.45, 7) is -0.123. The first kappa shape index (κ1) is 16.5. The molecule has 0 aromatic heterocycles. The SMILES string of the molecule is O=C1CN(c2ccccc2)C(=O)[C@@H]1C(=O)Nc1ccc(Cl)c(Cl)c1. The third-order valence-corrected chi connectivity index (χ3v) is 4.41. The number of anilines is 2. The molecule has 1 saturated heterocycles. The first-order valence-corrected chi connectivity index (χ1v) is 7.88. The molecule has 122 valence electrons. The lowest BCUT2D eigenvalue weighted by Crippen LogP contribution is -2.34. The van der Waals surface area contributed by atoms with Gasteiger partial charge in [0.05, 0.1) is 16.6 Å². The molecule has 0 saturated carbocycles. The quantitative estimate of drug-likeness (QED) is 0.852. The van der Waals surface area contributed by atoms with E-state index in [1.807, 2.05) is 0 Å². The Morgan fingerprint density at radius 1 is 1.04 bits per heavy atom. The molecule has 2 aromatic carbocycles. The normalized spacial score (nSPS) is 17.2. The van der Waals surface area contributed by atoms with Crippen molar-refractivity contribution in [3.63, 3.8) is 0 Å². The van der Waals surface area contributed by atoms with Crippen molar-refractivity contribution in [1.82, 2.24) is 0 Å². The summed E-state index contributed by atoms with van der Waals surface area (Å²) in [7, 11) is 0. The van der Waals surface area contributed by atoms with Crippen LogP contribution in [0.25, 0.3) is 0 Å². The topological polar surface area (TPSA) is 66.5 Å². The van der Waals surface area contributed by atoms with E-state index in [1.165, 1.54) is 17.0 Å². The molecular weight excluding hydrogens is 351 g/mol. The number of ketones is 1. The van der Waals surface area contributed by atoms with E-state index < -0.39 is 23.5 Å². The second kappa shape index (κ2) is 6.63. The summed E-state index contributed by atoms with van der Waals surface area (Å²) in [4.78, 5) is 38.3. The molecule has 1 atom stereocenters. The maximum absolute atomic E-state index is 12.5. The van der Waals surface area contributed by atoms with E-state index in [9.17, 15) is 14.4 Å². The van der Waals surface area contributed by atoms with Crippen LogP contribution in [0.5, 0.6) is 0 Å². The van der Waals surface area contributed by atoms with Gasteiger partial charge < -0.3 is 10.2 Å². The Kier molecular flexibility index (Phi) is 4.55. The Bertz CT molecular complexity index is 824. The van der Waals surface area contributed by atoms with Crippen molar-refractivity contribution in [2.45, 2.75) is 0 Å². The van der Waals surface area contributed by atoms with Crippen LogP contribution in [0.2, 0.25) is 10.0 Å². The van der Waals surface area contributed by atoms with E-state index in [0.29, 0.717) is 16.4 Å². The zero-order chi connectivity index (χ0) is 17.3. The zero-order valence-corrected chi connectivity index (χ0v) is 13.8. The number of nitrogens with zero attached hydrogens (tertiary/aromatic N) is 1. The van der Waals surface area contributed by atoms with Gasteiger partial charge in [0.1, 0.15) is 0 Å². The fraction of sp³-hybridized carbons (Fsp3) is 0.118. The molecule has 1 heterocycles. The third kappa shape index (κ3) is 3.13. The predicted molar refractivity (Wildman–Crippen MR) is 92.4 cm³/mol. The van der Waals surface area contributed by atoms with Crippen molar-refractivity contribution in [3.05, 3.63) is 58.6 Å². The molecule has 24 heavy (non-hydrogen) atoms. The van der Waals surface area contributed by atoms with Gasteiger partial charge >= 0.3 is 0 Å². The predicted octanol–water partition coefficient (Wildman–Crippen LogP) is 3.16.